The molecule has 4 rings (SSSR count). The minimum Gasteiger partial charge on any atom is -0.455 e. The Morgan fingerprint density at radius 2 is 2.00 bits per heavy atom. The van der Waals surface area contributed by atoms with Crippen LogP contribution in [0.5, 0.6) is 0 Å². The number of carbonyl (C=O) groups excluding carboxylic acids is 1. The number of benzene rings is 1. The number of aryl methyl sites for hydroxylation is 1. The molecule has 1 aliphatic carbocycles. The topological polar surface area (TPSA) is 57.8 Å². The quantitative estimate of drug-likeness (QED) is 0.768. The van der Waals surface area contributed by atoms with Crippen molar-refractivity contribution in [2.24, 2.45) is 5.10 Å². The smallest absolute Gasteiger partial charge is 0.290 e. The van der Waals surface area contributed by atoms with Gasteiger partial charge in [0, 0.05) is 30.1 Å². The van der Waals surface area contributed by atoms with Gasteiger partial charge in [0.1, 0.15) is 11.6 Å². The summed E-state index contributed by atoms with van der Waals surface area (Å²) in [6.45, 7) is 4.84. The third kappa shape index (κ3) is 3.55. The molecule has 1 aromatic carbocycles. The highest BCUT2D eigenvalue weighted by Gasteiger charge is 2.32. The van der Waals surface area contributed by atoms with Gasteiger partial charge in [-0.2, -0.15) is 5.10 Å². The molecule has 1 aromatic heterocycles. The summed E-state index contributed by atoms with van der Waals surface area (Å²) in [6.07, 6.45) is 5.81. The number of nitrogens with one attached hydrogen (secondary N) is 1. The molecule has 1 amide bonds. The lowest BCUT2D eigenvalue weighted by molar-refractivity contribution is 0.0600. The van der Waals surface area contributed by atoms with E-state index in [0.29, 0.717) is 5.76 Å². The predicted molar refractivity (Wildman–Crippen MR) is 107 cm³/mol. The van der Waals surface area contributed by atoms with Crippen LogP contribution in [0.1, 0.15) is 66.5 Å². The van der Waals surface area contributed by atoms with Gasteiger partial charge in [0.05, 0.1) is 11.4 Å². The molecule has 1 unspecified atom stereocenters. The van der Waals surface area contributed by atoms with Gasteiger partial charge in [-0.05, 0) is 70.2 Å². The average Bonchev–Trinajstić information content (AvgIpc) is 3.05. The van der Waals surface area contributed by atoms with Crippen molar-refractivity contribution in [1.29, 1.82) is 0 Å². The summed E-state index contributed by atoms with van der Waals surface area (Å²) in [5, 5.41) is 4.54. The highest BCUT2D eigenvalue weighted by atomic mass is 19.1. The number of piperidine rings is 1. The maximum atomic E-state index is 13.1. The summed E-state index contributed by atoms with van der Waals surface area (Å²) < 4.78 is 19.1. The van der Waals surface area contributed by atoms with E-state index >= 15 is 0 Å². The minimum absolute atomic E-state index is 0.00931. The first kappa shape index (κ1) is 18.7. The van der Waals surface area contributed by atoms with E-state index in [1.807, 2.05) is 11.8 Å². The molecule has 28 heavy (non-hydrogen) atoms. The van der Waals surface area contributed by atoms with Gasteiger partial charge in [-0.15, -0.1) is 0 Å². The lowest BCUT2D eigenvalue weighted by Gasteiger charge is -2.32. The molecule has 1 saturated heterocycles. The van der Waals surface area contributed by atoms with Gasteiger partial charge < -0.3 is 9.32 Å². The summed E-state index contributed by atoms with van der Waals surface area (Å²) in [6, 6.07) is 6.34. The number of amides is 1. The summed E-state index contributed by atoms with van der Waals surface area (Å²) >= 11 is 0. The molecule has 0 bridgehead atoms. The number of halogens is 1. The Labute approximate surface area is 164 Å². The largest absolute Gasteiger partial charge is 0.455 e. The molecule has 148 valence electrons. The van der Waals surface area contributed by atoms with Gasteiger partial charge in [0.2, 0.25) is 0 Å². The molecule has 1 fully saturated rings. The number of nitrogens with zero attached hydrogens (tertiary/aromatic N) is 2. The van der Waals surface area contributed by atoms with Gasteiger partial charge in [0.15, 0.2) is 5.76 Å². The molecule has 0 radical (unpaired) electrons. The Morgan fingerprint density at radius 1 is 1.21 bits per heavy atom. The summed E-state index contributed by atoms with van der Waals surface area (Å²) in [5.74, 6) is 1.01. The first-order valence-electron chi connectivity index (χ1n) is 10.1. The number of carbonyl (C=O) groups is 1. The van der Waals surface area contributed by atoms with Crippen molar-refractivity contribution in [2.45, 2.75) is 58.4 Å². The van der Waals surface area contributed by atoms with Crippen molar-refractivity contribution in [1.82, 2.24) is 4.90 Å². The predicted octanol–water partition coefficient (Wildman–Crippen LogP) is 4.89. The number of likely N-dealkylation sites (tertiary alicyclic amines) is 1. The van der Waals surface area contributed by atoms with Crippen molar-refractivity contribution in [3.8, 4) is 0 Å². The van der Waals surface area contributed by atoms with Crippen LogP contribution in [0.3, 0.4) is 0 Å². The number of hydrazone groups is 1. The van der Waals surface area contributed by atoms with E-state index in [1.165, 1.54) is 18.6 Å². The second kappa shape index (κ2) is 7.78. The van der Waals surface area contributed by atoms with Crippen molar-refractivity contribution in [2.75, 3.05) is 12.0 Å². The van der Waals surface area contributed by atoms with E-state index in [4.69, 9.17) is 4.42 Å². The first-order chi connectivity index (χ1) is 13.5. The Bertz CT molecular complexity index is 901. The SMILES string of the molecule is Cc1c(C(=O)N2CCCCC2C)oc2c1/C(=N/Nc1ccc(F)cc1)CCC2. The molecule has 0 saturated carbocycles. The highest BCUT2D eigenvalue weighted by Crippen LogP contribution is 2.32. The van der Waals surface area contributed by atoms with Gasteiger partial charge in [-0.3, -0.25) is 10.2 Å². The van der Waals surface area contributed by atoms with Crippen molar-refractivity contribution < 1.29 is 13.6 Å². The second-order valence-corrected chi connectivity index (χ2v) is 7.73. The van der Waals surface area contributed by atoms with Crippen LogP contribution in [0.4, 0.5) is 10.1 Å². The van der Waals surface area contributed by atoms with Gasteiger partial charge >= 0.3 is 0 Å². The van der Waals surface area contributed by atoms with Crippen LogP contribution in [0.2, 0.25) is 0 Å². The van der Waals surface area contributed by atoms with Gasteiger partial charge in [-0.25, -0.2) is 4.39 Å². The highest BCUT2D eigenvalue weighted by molar-refractivity contribution is 6.06. The molecular weight excluding hydrogens is 357 g/mol. The molecule has 1 N–H and O–H groups in total. The van der Waals surface area contributed by atoms with Crippen molar-refractivity contribution in [3.63, 3.8) is 0 Å². The van der Waals surface area contributed by atoms with Gasteiger partial charge in [-0.1, -0.05) is 0 Å². The molecule has 2 aliphatic rings. The van der Waals surface area contributed by atoms with Crippen LogP contribution >= 0.6 is 0 Å². The van der Waals surface area contributed by atoms with E-state index in [9.17, 15) is 9.18 Å². The Balaban J connectivity index is 1.61. The average molecular weight is 383 g/mol. The van der Waals surface area contributed by atoms with Crippen LogP contribution in [0.15, 0.2) is 33.8 Å². The number of rotatable bonds is 3. The Morgan fingerprint density at radius 3 is 2.75 bits per heavy atom. The van der Waals surface area contributed by atoms with E-state index in [0.717, 1.165) is 66.9 Å². The van der Waals surface area contributed by atoms with Crippen LogP contribution in [-0.4, -0.2) is 29.1 Å². The van der Waals surface area contributed by atoms with Crippen LogP contribution in [-0.2, 0) is 6.42 Å². The lowest BCUT2D eigenvalue weighted by Crippen LogP contribution is -2.42. The fourth-order valence-corrected chi connectivity index (χ4v) is 4.17. The zero-order valence-corrected chi connectivity index (χ0v) is 16.4. The van der Waals surface area contributed by atoms with E-state index in [-0.39, 0.29) is 17.8 Å². The maximum absolute atomic E-state index is 13.1. The Kier molecular flexibility index (Phi) is 5.20. The molecule has 1 aliphatic heterocycles. The van der Waals surface area contributed by atoms with Crippen molar-refractivity contribution in [3.05, 3.63) is 52.7 Å². The standard InChI is InChI=1S/C22H26FN3O2/c1-14-6-3-4-13-26(14)22(27)21-15(2)20-18(7-5-8-19(20)28-21)25-24-17-11-9-16(23)10-12-17/h9-12,14,24H,3-8,13H2,1-2H3/b25-18+. The summed E-state index contributed by atoms with van der Waals surface area (Å²) in [4.78, 5) is 15.0. The van der Waals surface area contributed by atoms with Gasteiger partial charge in [0.25, 0.3) is 5.91 Å². The van der Waals surface area contributed by atoms with E-state index in [2.05, 4.69) is 17.5 Å². The fraction of sp³-hybridized carbons (Fsp3) is 0.455. The molecule has 5 nitrogen and oxygen atoms in total. The number of fused-ring (bicyclic) bond motifs is 1. The fourth-order valence-electron chi connectivity index (χ4n) is 4.17. The third-order valence-electron chi connectivity index (χ3n) is 5.75. The third-order valence-corrected chi connectivity index (χ3v) is 5.75. The number of hydrogen-bond donors (Lipinski definition) is 1. The zero-order chi connectivity index (χ0) is 19.7. The lowest BCUT2D eigenvalue weighted by atomic mass is 9.93. The van der Waals surface area contributed by atoms with Crippen LogP contribution < -0.4 is 5.43 Å². The molecular formula is C22H26FN3O2. The first-order valence-corrected chi connectivity index (χ1v) is 10.1. The van der Waals surface area contributed by atoms with Crippen molar-refractivity contribution >= 4 is 17.3 Å². The molecule has 1 atom stereocenters. The second-order valence-electron chi connectivity index (χ2n) is 7.73. The van der Waals surface area contributed by atoms with E-state index < -0.39 is 0 Å². The van der Waals surface area contributed by atoms with Crippen LogP contribution in [0.25, 0.3) is 0 Å². The molecule has 2 aromatic rings. The molecule has 2 heterocycles. The Hall–Kier alpha value is -2.63. The van der Waals surface area contributed by atoms with Crippen LogP contribution in [0, 0.1) is 12.7 Å². The normalized spacial score (nSPS) is 20.9. The molecule has 6 heteroatoms. The maximum Gasteiger partial charge on any atom is 0.290 e. The zero-order valence-electron chi connectivity index (χ0n) is 16.4. The number of hydrogen-bond acceptors (Lipinski definition) is 4. The molecule has 0 spiro atoms. The van der Waals surface area contributed by atoms with E-state index in [1.54, 1.807) is 12.1 Å². The number of furan rings is 1. The summed E-state index contributed by atoms with van der Waals surface area (Å²) in [7, 11) is 0. The monoisotopic (exact) mass is 383 g/mol. The summed E-state index contributed by atoms with van der Waals surface area (Å²) in [5.41, 5.74) is 6.44. The minimum atomic E-state index is -0.279. The number of anilines is 1.